The van der Waals surface area contributed by atoms with Gasteiger partial charge in [-0.05, 0) is 59.7 Å². The Kier molecular flexibility index (Phi) is 7.71. The van der Waals surface area contributed by atoms with Crippen molar-refractivity contribution in [2.24, 2.45) is 5.92 Å². The van der Waals surface area contributed by atoms with Gasteiger partial charge in [0.15, 0.2) is 0 Å². The van der Waals surface area contributed by atoms with Crippen LogP contribution in [0.2, 0.25) is 5.02 Å². The van der Waals surface area contributed by atoms with E-state index >= 15 is 4.39 Å². The van der Waals surface area contributed by atoms with E-state index in [4.69, 9.17) is 11.6 Å². The molecule has 1 saturated heterocycles. The number of carbonyl (C=O) groups is 2. The van der Waals surface area contributed by atoms with Crippen LogP contribution in [0.3, 0.4) is 0 Å². The molecule has 2 N–H and O–H groups in total. The number of hydrogen-bond donors (Lipinski definition) is 2. The number of benzene rings is 2. The zero-order chi connectivity index (χ0) is 27.0. The number of aromatic nitrogens is 1. The number of pyridine rings is 1. The van der Waals surface area contributed by atoms with E-state index < -0.39 is 28.8 Å². The number of rotatable bonds is 8. The Balaban J connectivity index is 1.91. The van der Waals surface area contributed by atoms with Crippen LogP contribution in [0.4, 0.5) is 10.1 Å². The van der Waals surface area contributed by atoms with Crippen LogP contribution in [-0.4, -0.2) is 39.8 Å². The molecule has 2 aromatic carbocycles. The summed E-state index contributed by atoms with van der Waals surface area (Å²) in [6.45, 7) is 6.06. The van der Waals surface area contributed by atoms with Gasteiger partial charge < -0.3 is 19.7 Å². The fraction of sp³-hybridized carbons (Fsp3) is 0.393. The van der Waals surface area contributed by atoms with Gasteiger partial charge in [0.25, 0.3) is 0 Å². The average Bonchev–Trinajstić information content (AvgIpc) is 3.28. The molecular formula is C28H30ClFN2O5. The summed E-state index contributed by atoms with van der Waals surface area (Å²) in [6.07, 6.45) is 3.12. The van der Waals surface area contributed by atoms with Crippen LogP contribution in [0.1, 0.15) is 66.7 Å². The predicted molar refractivity (Wildman–Crippen MR) is 141 cm³/mol. The summed E-state index contributed by atoms with van der Waals surface area (Å²) in [5.41, 5.74) is 1.79. The molecule has 7 nitrogen and oxygen atoms in total. The van der Waals surface area contributed by atoms with Crippen LogP contribution in [0.15, 0.2) is 35.3 Å². The van der Waals surface area contributed by atoms with Gasteiger partial charge in [0.1, 0.15) is 11.4 Å². The summed E-state index contributed by atoms with van der Waals surface area (Å²) >= 11 is 6.21. The Morgan fingerprint density at radius 3 is 2.43 bits per heavy atom. The van der Waals surface area contributed by atoms with Gasteiger partial charge in [-0.25, -0.2) is 9.18 Å². The molecule has 37 heavy (non-hydrogen) atoms. The standard InChI is InChI=1S/C28H30ClFN2O5/c1-4-16-11-23-20(27(35)21(28(36)37)13-32(23)24(14-33)15(2)3)10-17(16)8-18-9-19(12-22(29)26(18)30)31-7-5-6-25(31)34/h9-13,15,24,33H,4-8,14H2,1-3H3,(H,36,37). The molecule has 1 amide bonds. The fourth-order valence-electron chi connectivity index (χ4n) is 5.07. The van der Waals surface area contributed by atoms with Crippen LogP contribution in [0.5, 0.6) is 0 Å². The van der Waals surface area contributed by atoms with Crippen molar-refractivity contribution in [2.45, 2.75) is 52.5 Å². The predicted octanol–water partition coefficient (Wildman–Crippen LogP) is 4.96. The van der Waals surface area contributed by atoms with Crippen molar-refractivity contribution in [2.75, 3.05) is 18.1 Å². The van der Waals surface area contributed by atoms with Gasteiger partial charge in [-0.3, -0.25) is 9.59 Å². The highest BCUT2D eigenvalue weighted by Gasteiger charge is 2.25. The lowest BCUT2D eigenvalue weighted by molar-refractivity contribution is -0.117. The molecule has 0 radical (unpaired) electrons. The van der Waals surface area contributed by atoms with Gasteiger partial charge in [0, 0.05) is 36.7 Å². The van der Waals surface area contributed by atoms with Crippen molar-refractivity contribution >= 4 is 40.1 Å². The van der Waals surface area contributed by atoms with E-state index in [1.807, 2.05) is 26.8 Å². The maximum atomic E-state index is 15.1. The molecule has 1 atom stereocenters. The van der Waals surface area contributed by atoms with Crippen molar-refractivity contribution in [1.82, 2.24) is 4.57 Å². The van der Waals surface area contributed by atoms with E-state index in [1.54, 1.807) is 21.6 Å². The quantitative estimate of drug-likeness (QED) is 0.430. The summed E-state index contributed by atoms with van der Waals surface area (Å²) in [4.78, 5) is 38.9. The molecule has 1 aromatic heterocycles. The number of nitrogens with zero attached hydrogens (tertiary/aromatic N) is 2. The molecule has 1 unspecified atom stereocenters. The Morgan fingerprint density at radius 1 is 1.14 bits per heavy atom. The second kappa shape index (κ2) is 10.6. The molecule has 1 aliphatic rings. The first-order chi connectivity index (χ1) is 17.6. The van der Waals surface area contributed by atoms with Gasteiger partial charge in [-0.2, -0.15) is 0 Å². The van der Waals surface area contributed by atoms with Gasteiger partial charge >= 0.3 is 5.97 Å². The number of carbonyl (C=O) groups excluding carboxylic acids is 1. The molecule has 4 rings (SSSR count). The monoisotopic (exact) mass is 528 g/mol. The van der Waals surface area contributed by atoms with Crippen LogP contribution in [-0.2, 0) is 17.6 Å². The molecular weight excluding hydrogens is 499 g/mol. The van der Waals surface area contributed by atoms with E-state index in [0.29, 0.717) is 36.2 Å². The Labute approximate surface area is 219 Å². The first kappa shape index (κ1) is 26.8. The fourth-order valence-corrected chi connectivity index (χ4v) is 5.30. The van der Waals surface area contributed by atoms with Gasteiger partial charge in [-0.1, -0.05) is 32.4 Å². The Bertz CT molecular complexity index is 1450. The van der Waals surface area contributed by atoms with Crippen molar-refractivity contribution < 1.29 is 24.2 Å². The van der Waals surface area contributed by atoms with Gasteiger partial charge in [-0.15, -0.1) is 0 Å². The third-order valence-electron chi connectivity index (χ3n) is 7.13. The first-order valence-electron chi connectivity index (χ1n) is 12.4. The maximum absolute atomic E-state index is 15.1. The topological polar surface area (TPSA) is 99.8 Å². The summed E-state index contributed by atoms with van der Waals surface area (Å²) in [6, 6.07) is 6.05. The zero-order valence-electron chi connectivity index (χ0n) is 21.1. The van der Waals surface area contributed by atoms with Crippen LogP contribution in [0.25, 0.3) is 10.9 Å². The third-order valence-corrected chi connectivity index (χ3v) is 7.41. The largest absolute Gasteiger partial charge is 0.477 e. The first-order valence-corrected chi connectivity index (χ1v) is 12.8. The average molecular weight is 529 g/mol. The number of carboxylic acids is 1. The van der Waals surface area contributed by atoms with E-state index in [0.717, 1.165) is 12.0 Å². The molecule has 1 fully saturated rings. The number of anilines is 1. The SMILES string of the molecule is CCc1cc2c(cc1Cc1cc(N3CCCC3=O)cc(Cl)c1F)c(=O)c(C(=O)O)cn2C(CO)C(C)C. The molecule has 2 heterocycles. The number of carboxylic acid groups (broad SMARTS) is 1. The number of fused-ring (bicyclic) bond motifs is 1. The molecule has 1 aliphatic heterocycles. The molecule has 0 spiro atoms. The van der Waals surface area contributed by atoms with Crippen LogP contribution < -0.4 is 10.3 Å². The highest BCUT2D eigenvalue weighted by atomic mass is 35.5. The smallest absolute Gasteiger partial charge is 0.341 e. The summed E-state index contributed by atoms with van der Waals surface area (Å²) in [5.74, 6) is -2.03. The van der Waals surface area contributed by atoms with Gasteiger partial charge in [0.2, 0.25) is 11.3 Å². The summed E-state index contributed by atoms with van der Waals surface area (Å²) in [5, 5.41) is 19.8. The lowest BCUT2D eigenvalue weighted by atomic mass is 9.94. The zero-order valence-corrected chi connectivity index (χ0v) is 21.8. The van der Waals surface area contributed by atoms with E-state index in [2.05, 4.69) is 0 Å². The maximum Gasteiger partial charge on any atom is 0.341 e. The Hall–Kier alpha value is -3.23. The van der Waals surface area contributed by atoms with E-state index in [1.165, 1.54) is 12.3 Å². The highest BCUT2D eigenvalue weighted by Crippen LogP contribution is 2.32. The Morgan fingerprint density at radius 2 is 1.86 bits per heavy atom. The van der Waals surface area contributed by atoms with Gasteiger partial charge in [0.05, 0.1) is 23.2 Å². The summed E-state index contributed by atoms with van der Waals surface area (Å²) < 4.78 is 16.8. The van der Waals surface area contributed by atoms with E-state index in [9.17, 15) is 24.6 Å². The second-order valence-electron chi connectivity index (χ2n) is 9.80. The highest BCUT2D eigenvalue weighted by molar-refractivity contribution is 6.31. The minimum absolute atomic E-state index is 0.0330. The number of aliphatic hydroxyl groups is 1. The molecule has 0 bridgehead atoms. The number of hydrogen-bond acceptors (Lipinski definition) is 4. The van der Waals surface area contributed by atoms with Crippen molar-refractivity contribution in [1.29, 1.82) is 0 Å². The molecule has 0 aliphatic carbocycles. The molecule has 196 valence electrons. The number of aromatic carboxylic acids is 1. The lowest BCUT2D eigenvalue weighted by Crippen LogP contribution is -2.25. The minimum atomic E-state index is -1.36. The third kappa shape index (κ3) is 5.00. The lowest BCUT2D eigenvalue weighted by Gasteiger charge is -2.25. The number of aryl methyl sites for hydroxylation is 1. The van der Waals surface area contributed by atoms with Crippen molar-refractivity contribution in [3.05, 3.63) is 73.8 Å². The summed E-state index contributed by atoms with van der Waals surface area (Å²) in [7, 11) is 0. The van der Waals surface area contributed by atoms with Crippen LogP contribution in [0, 0.1) is 11.7 Å². The second-order valence-corrected chi connectivity index (χ2v) is 10.2. The molecule has 0 saturated carbocycles. The number of amides is 1. The van der Waals surface area contributed by atoms with E-state index in [-0.39, 0.29) is 40.8 Å². The normalized spacial score (nSPS) is 14.7. The van der Waals surface area contributed by atoms with Crippen LogP contribution >= 0.6 is 11.6 Å². The van der Waals surface area contributed by atoms with Crippen molar-refractivity contribution in [3.8, 4) is 0 Å². The molecule has 3 aromatic rings. The number of halogens is 2. The molecule has 9 heteroatoms. The number of aliphatic hydroxyl groups excluding tert-OH is 1. The van der Waals surface area contributed by atoms with Crippen molar-refractivity contribution in [3.63, 3.8) is 0 Å². The minimum Gasteiger partial charge on any atom is -0.477 e.